The molecule has 23 heavy (non-hydrogen) atoms. The highest BCUT2D eigenvalue weighted by Gasteiger charge is 2.29. The van der Waals surface area contributed by atoms with E-state index in [0.29, 0.717) is 35.6 Å². The fourth-order valence-electron chi connectivity index (χ4n) is 2.89. The summed E-state index contributed by atoms with van der Waals surface area (Å²) >= 11 is 0. The highest BCUT2D eigenvalue weighted by Crippen LogP contribution is 2.29. The number of aromatic nitrogens is 1. The van der Waals surface area contributed by atoms with Crippen LogP contribution in [0.1, 0.15) is 31.2 Å². The molecule has 2 aromatic rings. The van der Waals surface area contributed by atoms with Crippen molar-refractivity contribution in [2.75, 3.05) is 13.1 Å². The number of rotatable bonds is 3. The molecule has 1 saturated heterocycles. The zero-order valence-electron chi connectivity index (χ0n) is 13.7. The number of piperidine rings is 1. The molecule has 1 aliphatic heterocycles. The fourth-order valence-corrected chi connectivity index (χ4v) is 4.61. The molecule has 124 valence electrons. The summed E-state index contributed by atoms with van der Waals surface area (Å²) in [6, 6.07) is 5.39. The Kier molecular flexibility index (Phi) is 4.29. The van der Waals surface area contributed by atoms with Gasteiger partial charge in [-0.2, -0.15) is 4.31 Å². The zero-order valence-corrected chi connectivity index (χ0v) is 14.6. The van der Waals surface area contributed by atoms with E-state index in [1.165, 1.54) is 0 Å². The van der Waals surface area contributed by atoms with Crippen molar-refractivity contribution in [2.45, 2.75) is 38.5 Å². The maximum Gasteiger partial charge on any atom is 0.243 e. The summed E-state index contributed by atoms with van der Waals surface area (Å²) < 4.78 is 33.1. The second-order valence-electron chi connectivity index (χ2n) is 6.31. The van der Waals surface area contributed by atoms with E-state index in [1.807, 2.05) is 19.1 Å². The van der Waals surface area contributed by atoms with Gasteiger partial charge in [-0.1, -0.05) is 19.1 Å². The van der Waals surface area contributed by atoms with Gasteiger partial charge in [0.1, 0.15) is 0 Å². The first-order valence-corrected chi connectivity index (χ1v) is 9.35. The zero-order chi connectivity index (χ0) is 16.6. The Morgan fingerprint density at radius 2 is 1.91 bits per heavy atom. The average molecular weight is 334 g/mol. The quantitative estimate of drug-likeness (QED) is 0.863. The lowest BCUT2D eigenvalue weighted by atomic mass is 10.0. The second kappa shape index (κ2) is 6.09. The summed E-state index contributed by atoms with van der Waals surface area (Å²) in [5.41, 5.74) is 1.49. The lowest BCUT2D eigenvalue weighted by Crippen LogP contribution is -2.38. The van der Waals surface area contributed by atoms with Crippen LogP contribution in [0.25, 0.3) is 11.3 Å². The van der Waals surface area contributed by atoms with Gasteiger partial charge in [-0.3, -0.25) is 0 Å². The topological polar surface area (TPSA) is 63.4 Å². The summed E-state index contributed by atoms with van der Waals surface area (Å²) in [6.07, 6.45) is 3.46. The molecule has 1 aromatic heterocycles. The molecule has 0 unspecified atom stereocenters. The van der Waals surface area contributed by atoms with Crippen molar-refractivity contribution in [3.63, 3.8) is 0 Å². The molecule has 0 radical (unpaired) electrons. The molecular weight excluding hydrogens is 312 g/mol. The first-order chi connectivity index (χ1) is 10.9. The first-order valence-electron chi connectivity index (χ1n) is 7.91. The molecule has 5 nitrogen and oxygen atoms in total. The van der Waals surface area contributed by atoms with Crippen LogP contribution in [0.2, 0.25) is 0 Å². The van der Waals surface area contributed by atoms with Crippen molar-refractivity contribution in [3.05, 3.63) is 35.9 Å². The van der Waals surface area contributed by atoms with Gasteiger partial charge in [0.05, 0.1) is 11.1 Å². The Hall–Kier alpha value is -1.66. The molecule has 1 aromatic carbocycles. The minimum atomic E-state index is -3.47. The van der Waals surface area contributed by atoms with Crippen molar-refractivity contribution in [1.82, 2.24) is 9.29 Å². The van der Waals surface area contributed by atoms with Crippen LogP contribution >= 0.6 is 0 Å². The number of oxazole rings is 1. The van der Waals surface area contributed by atoms with Gasteiger partial charge in [-0.25, -0.2) is 13.4 Å². The molecule has 3 rings (SSSR count). The van der Waals surface area contributed by atoms with E-state index in [1.54, 1.807) is 23.5 Å². The van der Waals surface area contributed by atoms with Gasteiger partial charge in [0, 0.05) is 25.6 Å². The number of benzene rings is 1. The van der Waals surface area contributed by atoms with Gasteiger partial charge in [0.15, 0.2) is 11.7 Å². The number of nitrogens with zero attached hydrogens (tertiary/aromatic N) is 2. The highest BCUT2D eigenvalue weighted by molar-refractivity contribution is 7.89. The van der Waals surface area contributed by atoms with Crippen molar-refractivity contribution in [1.29, 1.82) is 0 Å². The minimum absolute atomic E-state index is 0.360. The van der Waals surface area contributed by atoms with Crippen molar-refractivity contribution >= 4 is 10.0 Å². The maximum absolute atomic E-state index is 13.0. The van der Waals surface area contributed by atoms with Crippen LogP contribution in [0.3, 0.4) is 0 Å². The SMILES string of the molecule is Cc1ncc(-c2ccc(C)c(S(=O)(=O)N3CCC(C)CC3)c2)o1. The average Bonchev–Trinajstić information content (AvgIpc) is 2.94. The smallest absolute Gasteiger partial charge is 0.243 e. The highest BCUT2D eigenvalue weighted by atomic mass is 32.2. The van der Waals surface area contributed by atoms with Gasteiger partial charge < -0.3 is 4.42 Å². The number of aryl methyl sites for hydroxylation is 2. The van der Waals surface area contributed by atoms with E-state index < -0.39 is 10.0 Å². The third kappa shape index (κ3) is 3.19. The van der Waals surface area contributed by atoms with Crippen molar-refractivity contribution in [2.24, 2.45) is 5.92 Å². The van der Waals surface area contributed by atoms with Crippen LogP contribution in [-0.4, -0.2) is 30.8 Å². The first kappa shape index (κ1) is 16.2. The summed E-state index contributed by atoms with van der Waals surface area (Å²) in [5.74, 6) is 1.74. The van der Waals surface area contributed by atoms with E-state index in [2.05, 4.69) is 11.9 Å². The minimum Gasteiger partial charge on any atom is -0.441 e. The predicted octanol–water partition coefficient (Wildman–Crippen LogP) is 3.38. The summed E-state index contributed by atoms with van der Waals surface area (Å²) in [4.78, 5) is 4.44. The molecule has 0 saturated carbocycles. The van der Waals surface area contributed by atoms with Gasteiger partial charge in [0.2, 0.25) is 10.0 Å². The largest absolute Gasteiger partial charge is 0.441 e. The van der Waals surface area contributed by atoms with Crippen LogP contribution in [0.5, 0.6) is 0 Å². The van der Waals surface area contributed by atoms with Crippen LogP contribution in [0.4, 0.5) is 0 Å². The third-order valence-corrected chi connectivity index (χ3v) is 6.49. The maximum atomic E-state index is 13.0. The normalized spacial score (nSPS) is 17.5. The second-order valence-corrected chi connectivity index (χ2v) is 8.22. The van der Waals surface area contributed by atoms with Crippen LogP contribution in [0, 0.1) is 19.8 Å². The van der Waals surface area contributed by atoms with Gasteiger partial charge >= 0.3 is 0 Å². The van der Waals surface area contributed by atoms with E-state index in [-0.39, 0.29) is 0 Å². The molecule has 0 atom stereocenters. The summed E-state index contributed by atoms with van der Waals surface area (Å²) in [6.45, 7) is 6.95. The molecule has 0 N–H and O–H groups in total. The number of hydrogen-bond acceptors (Lipinski definition) is 4. The monoisotopic (exact) mass is 334 g/mol. The number of hydrogen-bond donors (Lipinski definition) is 0. The van der Waals surface area contributed by atoms with Crippen LogP contribution in [-0.2, 0) is 10.0 Å². The van der Waals surface area contributed by atoms with E-state index in [4.69, 9.17) is 4.42 Å². The standard InChI is InChI=1S/C17H22N2O3S/c1-12-6-8-19(9-7-12)23(20,21)17-10-15(5-4-13(17)2)16-11-18-14(3)22-16/h4-5,10-12H,6-9H2,1-3H3. The summed E-state index contributed by atoms with van der Waals surface area (Å²) in [7, 11) is -3.47. The fraction of sp³-hybridized carbons (Fsp3) is 0.471. The molecule has 0 spiro atoms. The molecule has 6 heteroatoms. The Morgan fingerprint density at radius 3 is 2.52 bits per heavy atom. The molecule has 0 aliphatic carbocycles. The van der Waals surface area contributed by atoms with E-state index >= 15 is 0 Å². The Labute approximate surface area is 137 Å². The van der Waals surface area contributed by atoms with Crippen LogP contribution < -0.4 is 0 Å². The predicted molar refractivity (Wildman–Crippen MR) is 88.6 cm³/mol. The lowest BCUT2D eigenvalue weighted by Gasteiger charge is -2.30. The molecule has 1 fully saturated rings. The Bertz CT molecular complexity index is 803. The van der Waals surface area contributed by atoms with Gasteiger partial charge in [0.25, 0.3) is 0 Å². The number of sulfonamides is 1. The van der Waals surface area contributed by atoms with Crippen molar-refractivity contribution in [3.8, 4) is 11.3 Å². The Balaban J connectivity index is 1.98. The lowest BCUT2D eigenvalue weighted by molar-refractivity contribution is 0.288. The summed E-state index contributed by atoms with van der Waals surface area (Å²) in [5, 5.41) is 0. The molecule has 0 bridgehead atoms. The molecular formula is C17H22N2O3S. The molecule has 1 aliphatic rings. The van der Waals surface area contributed by atoms with Crippen LogP contribution in [0.15, 0.2) is 33.7 Å². The third-order valence-electron chi connectivity index (χ3n) is 4.45. The molecule has 0 amide bonds. The molecule has 2 heterocycles. The van der Waals surface area contributed by atoms with E-state index in [0.717, 1.165) is 24.0 Å². The van der Waals surface area contributed by atoms with Gasteiger partial charge in [-0.05, 0) is 37.3 Å². The van der Waals surface area contributed by atoms with E-state index in [9.17, 15) is 8.42 Å². The Morgan fingerprint density at radius 1 is 1.22 bits per heavy atom. The van der Waals surface area contributed by atoms with Crippen molar-refractivity contribution < 1.29 is 12.8 Å². The van der Waals surface area contributed by atoms with Gasteiger partial charge in [-0.15, -0.1) is 0 Å².